The van der Waals surface area contributed by atoms with E-state index in [2.05, 4.69) is 21.9 Å². The van der Waals surface area contributed by atoms with Crippen molar-refractivity contribution >= 4 is 5.69 Å². The van der Waals surface area contributed by atoms with Gasteiger partial charge < -0.3 is 15.4 Å². The summed E-state index contributed by atoms with van der Waals surface area (Å²) < 4.78 is 5.46. The van der Waals surface area contributed by atoms with E-state index < -0.39 is 0 Å². The Morgan fingerprint density at radius 3 is 2.33 bits per heavy atom. The molecule has 0 aromatic heterocycles. The first kappa shape index (κ1) is 13.2. The van der Waals surface area contributed by atoms with Crippen molar-refractivity contribution in [3.05, 3.63) is 24.3 Å². The first-order valence-electron chi connectivity index (χ1n) is 6.73. The van der Waals surface area contributed by atoms with Gasteiger partial charge in [-0.1, -0.05) is 0 Å². The SMILES string of the molecule is CCOc1ccc(N2CCN(CCN)CC2)cc1. The van der Waals surface area contributed by atoms with Gasteiger partial charge >= 0.3 is 0 Å². The van der Waals surface area contributed by atoms with E-state index in [1.807, 2.05) is 19.1 Å². The van der Waals surface area contributed by atoms with Gasteiger partial charge in [0, 0.05) is 45.0 Å². The first-order chi connectivity index (χ1) is 8.83. The second-order valence-electron chi connectivity index (χ2n) is 4.54. The largest absolute Gasteiger partial charge is 0.494 e. The van der Waals surface area contributed by atoms with Crippen LogP contribution < -0.4 is 15.4 Å². The van der Waals surface area contributed by atoms with Crippen LogP contribution >= 0.6 is 0 Å². The van der Waals surface area contributed by atoms with Crippen molar-refractivity contribution < 1.29 is 4.74 Å². The lowest BCUT2D eigenvalue weighted by Gasteiger charge is -2.35. The zero-order valence-electron chi connectivity index (χ0n) is 11.1. The molecule has 2 N–H and O–H groups in total. The van der Waals surface area contributed by atoms with Gasteiger partial charge in [-0.05, 0) is 31.2 Å². The number of nitrogens with two attached hydrogens (primary N) is 1. The summed E-state index contributed by atoms with van der Waals surface area (Å²) in [5.41, 5.74) is 6.86. The predicted molar refractivity (Wildman–Crippen MR) is 75.3 cm³/mol. The van der Waals surface area contributed by atoms with Gasteiger partial charge in [-0.3, -0.25) is 4.90 Å². The maximum Gasteiger partial charge on any atom is 0.119 e. The molecule has 1 aliphatic heterocycles. The molecule has 2 rings (SSSR count). The van der Waals surface area contributed by atoms with Crippen LogP contribution in [-0.2, 0) is 0 Å². The Labute approximate surface area is 109 Å². The lowest BCUT2D eigenvalue weighted by atomic mass is 10.2. The predicted octanol–water partition coefficient (Wildman–Crippen LogP) is 1.17. The van der Waals surface area contributed by atoms with Gasteiger partial charge in [-0.25, -0.2) is 0 Å². The smallest absolute Gasteiger partial charge is 0.119 e. The van der Waals surface area contributed by atoms with Crippen LogP contribution in [0.3, 0.4) is 0 Å². The van der Waals surface area contributed by atoms with Gasteiger partial charge in [-0.2, -0.15) is 0 Å². The molecule has 0 atom stereocenters. The molecule has 4 nitrogen and oxygen atoms in total. The van der Waals surface area contributed by atoms with Crippen LogP contribution in [0.15, 0.2) is 24.3 Å². The van der Waals surface area contributed by atoms with Crippen molar-refractivity contribution in [2.75, 3.05) is 50.8 Å². The molecule has 1 heterocycles. The van der Waals surface area contributed by atoms with Crippen molar-refractivity contribution in [1.82, 2.24) is 4.90 Å². The van der Waals surface area contributed by atoms with Crippen molar-refractivity contribution in [2.24, 2.45) is 5.73 Å². The minimum atomic E-state index is 0.719. The van der Waals surface area contributed by atoms with E-state index in [0.29, 0.717) is 0 Å². The summed E-state index contributed by atoms with van der Waals surface area (Å²) in [7, 11) is 0. The van der Waals surface area contributed by atoms with Crippen molar-refractivity contribution in [2.45, 2.75) is 6.92 Å². The third-order valence-corrected chi connectivity index (χ3v) is 3.33. The molecular weight excluding hydrogens is 226 g/mol. The normalized spacial score (nSPS) is 16.9. The number of hydrogen-bond acceptors (Lipinski definition) is 4. The van der Waals surface area contributed by atoms with Gasteiger partial charge in [0.25, 0.3) is 0 Å². The zero-order valence-corrected chi connectivity index (χ0v) is 11.1. The van der Waals surface area contributed by atoms with Crippen molar-refractivity contribution in [1.29, 1.82) is 0 Å². The molecule has 0 spiro atoms. The zero-order chi connectivity index (χ0) is 12.8. The monoisotopic (exact) mass is 249 g/mol. The quantitative estimate of drug-likeness (QED) is 0.850. The number of rotatable bonds is 5. The number of ether oxygens (including phenoxy) is 1. The highest BCUT2D eigenvalue weighted by Gasteiger charge is 2.16. The molecule has 0 bridgehead atoms. The maximum absolute atomic E-state index is 5.58. The molecule has 100 valence electrons. The van der Waals surface area contributed by atoms with E-state index in [-0.39, 0.29) is 0 Å². The summed E-state index contributed by atoms with van der Waals surface area (Å²) >= 11 is 0. The summed E-state index contributed by atoms with van der Waals surface area (Å²) in [5, 5.41) is 0. The summed E-state index contributed by atoms with van der Waals surface area (Å²) in [6, 6.07) is 8.38. The fourth-order valence-corrected chi connectivity index (χ4v) is 2.33. The Hall–Kier alpha value is -1.26. The molecular formula is C14H23N3O. The summed E-state index contributed by atoms with van der Waals surface area (Å²) in [5.74, 6) is 0.947. The third kappa shape index (κ3) is 3.37. The minimum Gasteiger partial charge on any atom is -0.494 e. The Morgan fingerprint density at radius 1 is 1.11 bits per heavy atom. The van der Waals surface area contributed by atoms with E-state index in [1.165, 1.54) is 5.69 Å². The minimum absolute atomic E-state index is 0.719. The molecule has 4 heteroatoms. The van der Waals surface area contributed by atoms with Gasteiger partial charge in [0.1, 0.15) is 5.75 Å². The van der Waals surface area contributed by atoms with E-state index in [1.54, 1.807) is 0 Å². The average Bonchev–Trinajstić information content (AvgIpc) is 2.41. The van der Waals surface area contributed by atoms with Crippen LogP contribution in [0.25, 0.3) is 0 Å². The van der Waals surface area contributed by atoms with Crippen molar-refractivity contribution in [3.63, 3.8) is 0 Å². The van der Waals surface area contributed by atoms with Gasteiger partial charge in [0.15, 0.2) is 0 Å². The van der Waals surface area contributed by atoms with Gasteiger partial charge in [0.05, 0.1) is 6.61 Å². The van der Waals surface area contributed by atoms with Crippen LogP contribution in [0.4, 0.5) is 5.69 Å². The average molecular weight is 249 g/mol. The number of hydrogen-bond donors (Lipinski definition) is 1. The van der Waals surface area contributed by atoms with E-state index in [4.69, 9.17) is 10.5 Å². The Bertz CT molecular complexity index is 345. The maximum atomic E-state index is 5.58. The molecule has 0 radical (unpaired) electrons. The highest BCUT2D eigenvalue weighted by Crippen LogP contribution is 2.20. The highest BCUT2D eigenvalue weighted by molar-refractivity contribution is 5.49. The molecule has 1 aliphatic rings. The van der Waals surface area contributed by atoms with Crippen LogP contribution in [0.5, 0.6) is 5.75 Å². The molecule has 1 aromatic rings. The number of benzene rings is 1. The van der Waals surface area contributed by atoms with Crippen LogP contribution in [0, 0.1) is 0 Å². The number of nitrogens with zero attached hydrogens (tertiary/aromatic N) is 2. The van der Waals surface area contributed by atoms with E-state index in [0.717, 1.165) is 51.6 Å². The summed E-state index contributed by atoms with van der Waals surface area (Å²) in [4.78, 5) is 4.84. The highest BCUT2D eigenvalue weighted by atomic mass is 16.5. The summed E-state index contributed by atoms with van der Waals surface area (Å²) in [6.45, 7) is 8.85. The molecule has 0 unspecified atom stereocenters. The van der Waals surface area contributed by atoms with Crippen LogP contribution in [-0.4, -0.2) is 50.8 Å². The lowest BCUT2D eigenvalue weighted by molar-refractivity contribution is 0.265. The number of piperazine rings is 1. The van der Waals surface area contributed by atoms with Gasteiger partial charge in [-0.15, -0.1) is 0 Å². The number of anilines is 1. The standard InChI is InChI=1S/C14H23N3O/c1-2-18-14-5-3-13(4-6-14)17-11-9-16(8-7-15)10-12-17/h3-6H,2,7-12,15H2,1H3. The topological polar surface area (TPSA) is 41.7 Å². The third-order valence-electron chi connectivity index (χ3n) is 3.33. The Kier molecular flexibility index (Phi) is 4.84. The lowest BCUT2D eigenvalue weighted by Crippen LogP contribution is -2.47. The first-order valence-corrected chi connectivity index (χ1v) is 6.73. The fourth-order valence-electron chi connectivity index (χ4n) is 2.33. The van der Waals surface area contributed by atoms with E-state index in [9.17, 15) is 0 Å². The molecule has 0 saturated carbocycles. The molecule has 18 heavy (non-hydrogen) atoms. The van der Waals surface area contributed by atoms with Crippen LogP contribution in [0.1, 0.15) is 6.92 Å². The van der Waals surface area contributed by atoms with Crippen molar-refractivity contribution in [3.8, 4) is 5.75 Å². The molecule has 1 fully saturated rings. The second kappa shape index (κ2) is 6.61. The van der Waals surface area contributed by atoms with E-state index >= 15 is 0 Å². The molecule has 0 aliphatic carbocycles. The molecule has 1 saturated heterocycles. The second-order valence-corrected chi connectivity index (χ2v) is 4.54. The fraction of sp³-hybridized carbons (Fsp3) is 0.571. The summed E-state index contributed by atoms with van der Waals surface area (Å²) in [6.07, 6.45) is 0. The Balaban J connectivity index is 1.89. The van der Waals surface area contributed by atoms with Gasteiger partial charge in [0.2, 0.25) is 0 Å². The molecule has 1 aromatic carbocycles. The Morgan fingerprint density at radius 2 is 1.78 bits per heavy atom. The molecule has 0 amide bonds. The van der Waals surface area contributed by atoms with Crippen LogP contribution in [0.2, 0.25) is 0 Å².